The Kier molecular flexibility index (Phi) is 6.28. The van der Waals surface area contributed by atoms with E-state index in [0.29, 0.717) is 12.5 Å². The molecule has 0 aromatic heterocycles. The van der Waals surface area contributed by atoms with Gasteiger partial charge in [0.1, 0.15) is 0 Å². The van der Waals surface area contributed by atoms with E-state index in [2.05, 4.69) is 30.8 Å². The molecule has 1 heterocycles. The van der Waals surface area contributed by atoms with Crippen molar-refractivity contribution in [3.8, 4) is 0 Å². The van der Waals surface area contributed by atoms with E-state index in [-0.39, 0.29) is 30.5 Å². The average Bonchev–Trinajstić information content (AvgIpc) is 2.63. The fraction of sp³-hybridized carbons (Fsp3) is 0.857. The Balaban J connectivity index is 2.65. The van der Waals surface area contributed by atoms with Crippen LogP contribution in [0.2, 0.25) is 0 Å². The molecule has 1 saturated heterocycles. The normalized spacial score (nSPS) is 23.2. The van der Waals surface area contributed by atoms with E-state index in [9.17, 15) is 9.59 Å². The summed E-state index contributed by atoms with van der Waals surface area (Å²) >= 11 is 0. The predicted octanol–water partition coefficient (Wildman–Crippen LogP) is 1.52. The summed E-state index contributed by atoms with van der Waals surface area (Å²) in [6.45, 7) is 6.79. The van der Waals surface area contributed by atoms with Gasteiger partial charge in [0.05, 0.1) is 25.7 Å². The molecule has 1 amide bonds. The number of carbonyl (C=O) groups is 2. The molecule has 1 N–H and O–H groups in total. The highest BCUT2D eigenvalue weighted by atomic mass is 16.5. The van der Waals surface area contributed by atoms with Crippen molar-refractivity contribution in [3.05, 3.63) is 0 Å². The second-order valence-electron chi connectivity index (χ2n) is 5.51. The first-order valence-corrected chi connectivity index (χ1v) is 7.12. The third-order valence-electron chi connectivity index (χ3n) is 3.41. The van der Waals surface area contributed by atoms with Gasteiger partial charge in [-0.2, -0.15) is 0 Å². The third kappa shape index (κ3) is 4.49. The number of amides is 1. The molecule has 0 saturated carbocycles. The van der Waals surface area contributed by atoms with E-state index in [0.717, 1.165) is 19.3 Å². The molecule has 2 unspecified atom stereocenters. The minimum atomic E-state index is -0.268. The molecule has 1 aliphatic rings. The standard InChI is InChI=1S/C14H26N2O3/c1-5-6-11-14(18)16(8-7-13(17)19-4)12(15-11)9-10(2)3/h10-12,15H,5-9H2,1-4H3. The quantitative estimate of drug-likeness (QED) is 0.713. The predicted molar refractivity (Wildman–Crippen MR) is 73.4 cm³/mol. The van der Waals surface area contributed by atoms with Gasteiger partial charge in [0.15, 0.2) is 0 Å². The Morgan fingerprint density at radius 2 is 2.16 bits per heavy atom. The Morgan fingerprint density at radius 1 is 1.47 bits per heavy atom. The summed E-state index contributed by atoms with van der Waals surface area (Å²) < 4.78 is 4.64. The van der Waals surface area contributed by atoms with Gasteiger partial charge >= 0.3 is 5.97 Å². The minimum Gasteiger partial charge on any atom is -0.469 e. The number of esters is 1. The Bertz CT molecular complexity index is 318. The highest BCUT2D eigenvalue weighted by molar-refractivity contribution is 5.84. The highest BCUT2D eigenvalue weighted by Gasteiger charge is 2.38. The fourth-order valence-corrected chi connectivity index (χ4v) is 2.46. The zero-order valence-electron chi connectivity index (χ0n) is 12.4. The Labute approximate surface area is 115 Å². The minimum absolute atomic E-state index is 0.0497. The molecule has 1 aliphatic heterocycles. The van der Waals surface area contributed by atoms with E-state index in [1.54, 1.807) is 4.90 Å². The van der Waals surface area contributed by atoms with Crippen LogP contribution in [0.3, 0.4) is 0 Å². The molecule has 110 valence electrons. The molecule has 5 nitrogen and oxygen atoms in total. The molecule has 2 atom stereocenters. The van der Waals surface area contributed by atoms with Crippen molar-refractivity contribution in [2.75, 3.05) is 13.7 Å². The first-order valence-electron chi connectivity index (χ1n) is 7.12. The Hall–Kier alpha value is -1.10. The van der Waals surface area contributed by atoms with E-state index in [1.165, 1.54) is 7.11 Å². The number of rotatable bonds is 7. The molecule has 0 radical (unpaired) electrons. The second kappa shape index (κ2) is 7.48. The van der Waals surface area contributed by atoms with Crippen LogP contribution < -0.4 is 5.32 Å². The lowest BCUT2D eigenvalue weighted by Crippen LogP contribution is -2.39. The summed E-state index contributed by atoms with van der Waals surface area (Å²) in [7, 11) is 1.37. The molecule has 1 fully saturated rings. The van der Waals surface area contributed by atoms with Crippen LogP contribution in [-0.2, 0) is 14.3 Å². The average molecular weight is 270 g/mol. The number of ether oxygens (including phenoxy) is 1. The Morgan fingerprint density at radius 3 is 2.68 bits per heavy atom. The molecular formula is C14H26N2O3. The van der Waals surface area contributed by atoms with E-state index in [4.69, 9.17) is 0 Å². The van der Waals surface area contributed by atoms with Gasteiger partial charge < -0.3 is 9.64 Å². The largest absolute Gasteiger partial charge is 0.469 e. The fourth-order valence-electron chi connectivity index (χ4n) is 2.46. The molecule has 19 heavy (non-hydrogen) atoms. The van der Waals surface area contributed by atoms with Gasteiger partial charge in [0.25, 0.3) is 0 Å². The van der Waals surface area contributed by atoms with Gasteiger partial charge in [-0.05, 0) is 18.8 Å². The van der Waals surface area contributed by atoms with E-state index >= 15 is 0 Å². The van der Waals surface area contributed by atoms with Crippen molar-refractivity contribution in [3.63, 3.8) is 0 Å². The van der Waals surface area contributed by atoms with Gasteiger partial charge in [0.2, 0.25) is 5.91 Å². The summed E-state index contributed by atoms with van der Waals surface area (Å²) in [5, 5.41) is 3.39. The van der Waals surface area contributed by atoms with E-state index in [1.807, 2.05) is 0 Å². The van der Waals surface area contributed by atoms with Gasteiger partial charge in [-0.3, -0.25) is 14.9 Å². The van der Waals surface area contributed by atoms with Gasteiger partial charge in [-0.1, -0.05) is 27.2 Å². The van der Waals surface area contributed by atoms with Crippen LogP contribution in [0.25, 0.3) is 0 Å². The number of nitrogens with zero attached hydrogens (tertiary/aromatic N) is 1. The maximum absolute atomic E-state index is 12.3. The zero-order valence-corrected chi connectivity index (χ0v) is 12.4. The van der Waals surface area contributed by atoms with Crippen molar-refractivity contribution in [2.45, 2.75) is 58.7 Å². The van der Waals surface area contributed by atoms with Crippen LogP contribution in [0.1, 0.15) is 46.5 Å². The summed E-state index contributed by atoms with van der Waals surface area (Å²) in [6, 6.07) is -0.0913. The van der Waals surface area contributed by atoms with Crippen LogP contribution in [0, 0.1) is 5.92 Å². The van der Waals surface area contributed by atoms with Gasteiger partial charge in [-0.15, -0.1) is 0 Å². The van der Waals surface area contributed by atoms with E-state index < -0.39 is 0 Å². The number of nitrogens with one attached hydrogen (secondary N) is 1. The highest BCUT2D eigenvalue weighted by Crippen LogP contribution is 2.20. The SMILES string of the molecule is CCCC1NC(CC(C)C)N(CCC(=O)OC)C1=O. The zero-order chi connectivity index (χ0) is 14.4. The molecule has 0 aromatic carbocycles. The molecule has 0 spiro atoms. The van der Waals surface area contributed by atoms with Crippen LogP contribution in [0.4, 0.5) is 0 Å². The van der Waals surface area contributed by atoms with Crippen LogP contribution in [-0.4, -0.2) is 42.6 Å². The summed E-state index contributed by atoms with van der Waals surface area (Å²) in [5.41, 5.74) is 0. The lowest BCUT2D eigenvalue weighted by molar-refractivity contribution is -0.141. The second-order valence-corrected chi connectivity index (χ2v) is 5.51. The van der Waals surface area contributed by atoms with Crippen LogP contribution in [0.15, 0.2) is 0 Å². The molecule has 5 heteroatoms. The monoisotopic (exact) mass is 270 g/mol. The number of methoxy groups -OCH3 is 1. The van der Waals surface area contributed by atoms with Gasteiger partial charge in [0, 0.05) is 6.54 Å². The number of hydrogen-bond donors (Lipinski definition) is 1. The summed E-state index contributed by atoms with van der Waals surface area (Å²) in [4.78, 5) is 25.3. The van der Waals surface area contributed by atoms with Crippen molar-refractivity contribution in [1.29, 1.82) is 0 Å². The maximum atomic E-state index is 12.3. The third-order valence-corrected chi connectivity index (χ3v) is 3.41. The topological polar surface area (TPSA) is 58.6 Å². The van der Waals surface area contributed by atoms with Crippen LogP contribution >= 0.6 is 0 Å². The smallest absolute Gasteiger partial charge is 0.307 e. The van der Waals surface area contributed by atoms with Crippen molar-refractivity contribution < 1.29 is 14.3 Å². The molecular weight excluding hydrogens is 244 g/mol. The lowest BCUT2D eigenvalue weighted by atomic mass is 10.1. The van der Waals surface area contributed by atoms with Crippen molar-refractivity contribution >= 4 is 11.9 Å². The summed E-state index contributed by atoms with van der Waals surface area (Å²) in [5.74, 6) is 0.359. The van der Waals surface area contributed by atoms with Crippen molar-refractivity contribution in [2.24, 2.45) is 5.92 Å². The number of hydrogen-bond acceptors (Lipinski definition) is 4. The number of carbonyl (C=O) groups excluding carboxylic acids is 2. The molecule has 1 rings (SSSR count). The molecule has 0 aliphatic carbocycles. The summed E-state index contributed by atoms with van der Waals surface area (Å²) in [6.07, 6.45) is 3.05. The van der Waals surface area contributed by atoms with Crippen LogP contribution in [0.5, 0.6) is 0 Å². The first-order chi connectivity index (χ1) is 8.99. The van der Waals surface area contributed by atoms with Gasteiger partial charge in [-0.25, -0.2) is 0 Å². The van der Waals surface area contributed by atoms with Crippen molar-refractivity contribution in [1.82, 2.24) is 10.2 Å². The molecule has 0 aromatic rings. The first kappa shape index (κ1) is 16.0. The molecule has 0 bridgehead atoms. The lowest BCUT2D eigenvalue weighted by Gasteiger charge is -2.25. The maximum Gasteiger partial charge on any atom is 0.307 e.